The van der Waals surface area contributed by atoms with Gasteiger partial charge in [-0.3, -0.25) is 4.79 Å². The Labute approximate surface area is 145 Å². The largest absolute Gasteiger partial charge is 0.466 e. The van der Waals surface area contributed by atoms with Gasteiger partial charge in [-0.2, -0.15) is 4.31 Å². The van der Waals surface area contributed by atoms with E-state index in [1.807, 2.05) is 33.8 Å². The van der Waals surface area contributed by atoms with Crippen LogP contribution in [0.5, 0.6) is 0 Å². The Kier molecular flexibility index (Phi) is 5.71. The van der Waals surface area contributed by atoms with Crippen molar-refractivity contribution in [2.24, 2.45) is 5.92 Å². The van der Waals surface area contributed by atoms with Gasteiger partial charge in [0.2, 0.25) is 10.0 Å². The van der Waals surface area contributed by atoms with Gasteiger partial charge >= 0.3 is 5.97 Å². The van der Waals surface area contributed by atoms with Gasteiger partial charge in [-0.25, -0.2) is 8.42 Å². The van der Waals surface area contributed by atoms with E-state index in [1.165, 1.54) is 4.31 Å². The highest BCUT2D eigenvalue weighted by Crippen LogP contribution is 2.31. The van der Waals surface area contributed by atoms with E-state index < -0.39 is 10.0 Å². The first-order chi connectivity index (χ1) is 11.2. The summed E-state index contributed by atoms with van der Waals surface area (Å²) in [5.41, 5.74) is 3.51. The molecule has 0 aromatic heterocycles. The summed E-state index contributed by atoms with van der Waals surface area (Å²) in [5, 5.41) is 0. The lowest BCUT2D eigenvalue weighted by Crippen LogP contribution is -2.43. The number of carbonyl (C=O) groups is 1. The molecule has 2 rings (SSSR count). The minimum absolute atomic E-state index is 0.201. The van der Waals surface area contributed by atoms with E-state index in [1.54, 1.807) is 6.92 Å². The predicted molar refractivity (Wildman–Crippen MR) is 93.5 cm³/mol. The molecule has 6 heteroatoms. The van der Waals surface area contributed by atoms with Crippen LogP contribution in [0.25, 0.3) is 0 Å². The number of sulfonamides is 1. The zero-order valence-electron chi connectivity index (χ0n) is 15.2. The molecule has 1 aromatic rings. The first-order valence-corrected chi connectivity index (χ1v) is 9.88. The molecule has 5 nitrogen and oxygen atoms in total. The van der Waals surface area contributed by atoms with Gasteiger partial charge in [0.05, 0.1) is 17.4 Å². The zero-order chi connectivity index (χ0) is 18.1. The summed E-state index contributed by atoms with van der Waals surface area (Å²) in [4.78, 5) is 12.4. The molecule has 0 spiro atoms. The Morgan fingerprint density at radius 3 is 2.33 bits per heavy atom. The van der Waals surface area contributed by atoms with Crippen molar-refractivity contribution in [2.45, 2.75) is 52.4 Å². The topological polar surface area (TPSA) is 63.7 Å². The van der Waals surface area contributed by atoms with Crippen LogP contribution < -0.4 is 0 Å². The maximum Gasteiger partial charge on any atom is 0.310 e. The minimum Gasteiger partial charge on any atom is -0.466 e. The lowest BCUT2D eigenvalue weighted by molar-refractivity contribution is -0.149. The van der Waals surface area contributed by atoms with Crippen molar-refractivity contribution in [2.75, 3.05) is 19.7 Å². The van der Waals surface area contributed by atoms with Gasteiger partial charge < -0.3 is 4.74 Å². The molecule has 1 aliphatic rings. The first-order valence-electron chi connectivity index (χ1n) is 8.44. The molecule has 0 radical (unpaired) electrons. The third-order valence-electron chi connectivity index (χ3n) is 4.90. The highest BCUT2D eigenvalue weighted by molar-refractivity contribution is 7.89. The second kappa shape index (κ2) is 7.23. The standard InChI is InChI=1S/C18H27NO4S/c1-6-23-18(20)16-8-7-9-19(11-16)24(21,22)17-14(4)12(2)10-13(3)15(17)5/h10,16H,6-9,11H2,1-5H3/t16-/m1/s1. The van der Waals surface area contributed by atoms with E-state index in [4.69, 9.17) is 4.74 Å². The summed E-state index contributed by atoms with van der Waals surface area (Å²) in [5.74, 6) is -0.675. The number of esters is 1. The third-order valence-corrected chi connectivity index (χ3v) is 7.04. The molecule has 24 heavy (non-hydrogen) atoms. The van der Waals surface area contributed by atoms with E-state index in [-0.39, 0.29) is 18.4 Å². The average molecular weight is 353 g/mol. The number of nitrogens with zero attached hydrogens (tertiary/aromatic N) is 1. The molecule has 1 fully saturated rings. The quantitative estimate of drug-likeness (QED) is 0.781. The Balaban J connectivity index is 2.39. The van der Waals surface area contributed by atoms with E-state index in [9.17, 15) is 13.2 Å². The van der Waals surface area contributed by atoms with E-state index in [2.05, 4.69) is 0 Å². The fourth-order valence-corrected chi connectivity index (χ4v) is 5.41. The van der Waals surface area contributed by atoms with Crippen molar-refractivity contribution < 1.29 is 17.9 Å². The lowest BCUT2D eigenvalue weighted by Gasteiger charge is -2.32. The van der Waals surface area contributed by atoms with Gasteiger partial charge in [0.15, 0.2) is 0 Å². The second-order valence-electron chi connectivity index (χ2n) is 6.54. The molecule has 134 valence electrons. The maximum atomic E-state index is 13.2. The molecular formula is C18H27NO4S. The molecular weight excluding hydrogens is 326 g/mol. The number of carbonyl (C=O) groups excluding carboxylic acids is 1. The van der Waals surface area contributed by atoms with Gasteiger partial charge in [-0.15, -0.1) is 0 Å². The maximum absolute atomic E-state index is 13.2. The molecule has 1 heterocycles. The Morgan fingerprint density at radius 2 is 1.79 bits per heavy atom. The van der Waals surface area contributed by atoms with Crippen LogP contribution in [-0.4, -0.2) is 38.4 Å². The van der Waals surface area contributed by atoms with Gasteiger partial charge in [-0.1, -0.05) is 6.07 Å². The predicted octanol–water partition coefficient (Wildman–Crippen LogP) is 2.88. The van der Waals surface area contributed by atoms with Crippen molar-refractivity contribution in [3.8, 4) is 0 Å². The van der Waals surface area contributed by atoms with Gasteiger partial charge in [0, 0.05) is 13.1 Å². The van der Waals surface area contributed by atoms with Crippen LogP contribution in [-0.2, 0) is 19.6 Å². The SMILES string of the molecule is CCOC(=O)[C@@H]1CCCN(S(=O)(=O)c2c(C)c(C)cc(C)c2C)C1. The third kappa shape index (κ3) is 3.49. The summed E-state index contributed by atoms with van der Waals surface area (Å²) >= 11 is 0. The second-order valence-corrected chi connectivity index (χ2v) is 8.42. The summed E-state index contributed by atoms with van der Waals surface area (Å²) in [6.45, 7) is 10.3. The number of hydrogen-bond donors (Lipinski definition) is 0. The van der Waals surface area contributed by atoms with E-state index in [0.717, 1.165) is 22.3 Å². The number of aryl methyl sites for hydroxylation is 2. The highest BCUT2D eigenvalue weighted by Gasteiger charge is 2.35. The highest BCUT2D eigenvalue weighted by atomic mass is 32.2. The van der Waals surface area contributed by atoms with Gasteiger partial charge in [0.25, 0.3) is 0 Å². The summed E-state index contributed by atoms with van der Waals surface area (Å²) in [6.07, 6.45) is 1.35. The first kappa shape index (κ1) is 18.9. The number of rotatable bonds is 4. The molecule has 0 saturated carbocycles. The number of ether oxygens (including phenoxy) is 1. The fourth-order valence-electron chi connectivity index (χ4n) is 3.31. The summed E-state index contributed by atoms with van der Waals surface area (Å²) in [7, 11) is -3.62. The normalized spacial score (nSPS) is 19.3. The van der Waals surface area contributed by atoms with Crippen molar-refractivity contribution in [1.29, 1.82) is 0 Å². The van der Waals surface area contributed by atoms with Crippen LogP contribution in [0.1, 0.15) is 42.0 Å². The van der Waals surface area contributed by atoms with Crippen LogP contribution in [0.2, 0.25) is 0 Å². The smallest absolute Gasteiger partial charge is 0.310 e. The van der Waals surface area contributed by atoms with Crippen LogP contribution in [0, 0.1) is 33.6 Å². The van der Waals surface area contributed by atoms with E-state index >= 15 is 0 Å². The van der Waals surface area contributed by atoms with E-state index in [0.29, 0.717) is 30.9 Å². The molecule has 0 N–H and O–H groups in total. The number of hydrogen-bond acceptors (Lipinski definition) is 4. The Morgan fingerprint density at radius 1 is 1.21 bits per heavy atom. The number of piperidine rings is 1. The molecule has 1 aliphatic heterocycles. The average Bonchev–Trinajstić information content (AvgIpc) is 2.53. The molecule has 0 aliphatic carbocycles. The molecule has 0 unspecified atom stereocenters. The monoisotopic (exact) mass is 353 g/mol. The van der Waals surface area contributed by atoms with Crippen LogP contribution in [0.4, 0.5) is 0 Å². The van der Waals surface area contributed by atoms with Crippen LogP contribution >= 0.6 is 0 Å². The molecule has 1 aromatic carbocycles. The van der Waals surface area contributed by atoms with Gasteiger partial charge in [-0.05, 0) is 69.7 Å². The van der Waals surface area contributed by atoms with Crippen molar-refractivity contribution in [1.82, 2.24) is 4.31 Å². The van der Waals surface area contributed by atoms with Crippen molar-refractivity contribution >= 4 is 16.0 Å². The molecule has 0 bridgehead atoms. The van der Waals surface area contributed by atoms with Crippen LogP contribution in [0.3, 0.4) is 0 Å². The van der Waals surface area contributed by atoms with Crippen molar-refractivity contribution in [3.05, 3.63) is 28.3 Å². The zero-order valence-corrected chi connectivity index (χ0v) is 16.0. The fraction of sp³-hybridized carbons (Fsp3) is 0.611. The lowest BCUT2D eigenvalue weighted by atomic mass is 10.00. The van der Waals surface area contributed by atoms with Gasteiger partial charge in [0.1, 0.15) is 0 Å². The minimum atomic E-state index is -3.62. The molecule has 0 amide bonds. The Bertz CT molecular complexity index is 714. The Hall–Kier alpha value is -1.40. The molecule has 1 atom stereocenters. The van der Waals surface area contributed by atoms with Crippen LogP contribution in [0.15, 0.2) is 11.0 Å². The van der Waals surface area contributed by atoms with Crippen molar-refractivity contribution in [3.63, 3.8) is 0 Å². The summed E-state index contributed by atoms with van der Waals surface area (Å²) in [6, 6.07) is 2.02. The number of benzene rings is 1. The summed E-state index contributed by atoms with van der Waals surface area (Å²) < 4.78 is 33.0. The molecule has 1 saturated heterocycles.